The quantitative estimate of drug-likeness (QED) is 0.645. The van der Waals surface area contributed by atoms with E-state index >= 15 is 0 Å². The highest BCUT2D eigenvalue weighted by molar-refractivity contribution is 5.94. The van der Waals surface area contributed by atoms with Gasteiger partial charge in [0, 0.05) is 19.6 Å². The van der Waals surface area contributed by atoms with Gasteiger partial charge in [0.15, 0.2) is 0 Å². The van der Waals surface area contributed by atoms with Crippen LogP contribution in [0.2, 0.25) is 0 Å². The van der Waals surface area contributed by atoms with Crippen molar-refractivity contribution in [2.24, 2.45) is 0 Å². The lowest BCUT2D eigenvalue weighted by Crippen LogP contribution is -2.38. The van der Waals surface area contributed by atoms with E-state index in [0.717, 1.165) is 6.42 Å². The van der Waals surface area contributed by atoms with Crippen molar-refractivity contribution >= 4 is 11.9 Å². The first kappa shape index (κ1) is 18.4. The molecule has 3 N–H and O–H groups in total. The molecule has 0 atom stereocenters. The highest BCUT2D eigenvalue weighted by Crippen LogP contribution is 2.05. The molecule has 0 saturated carbocycles. The standard InChI is InChI=1S/C19H22FN3O2/c20-17-10-5-4-9-16(17)18(24)21-12-6-13-22-19(25)23-14-11-15-7-2-1-3-8-15/h1-5,7-10H,6,11-14H2,(H,21,24)(H2,22,23,25). The van der Waals surface area contributed by atoms with E-state index in [0.29, 0.717) is 26.1 Å². The van der Waals surface area contributed by atoms with Crippen molar-refractivity contribution in [1.82, 2.24) is 16.0 Å². The Morgan fingerprint density at radius 2 is 1.44 bits per heavy atom. The number of rotatable bonds is 8. The van der Waals surface area contributed by atoms with Gasteiger partial charge in [0.2, 0.25) is 0 Å². The number of amides is 3. The Morgan fingerprint density at radius 1 is 0.800 bits per heavy atom. The van der Waals surface area contributed by atoms with Gasteiger partial charge >= 0.3 is 6.03 Å². The van der Waals surface area contributed by atoms with Crippen LogP contribution in [0.15, 0.2) is 54.6 Å². The zero-order chi connectivity index (χ0) is 17.9. The van der Waals surface area contributed by atoms with Crippen molar-refractivity contribution in [3.8, 4) is 0 Å². The molecule has 2 aromatic carbocycles. The molecule has 0 spiro atoms. The van der Waals surface area contributed by atoms with Crippen molar-refractivity contribution in [1.29, 1.82) is 0 Å². The number of benzene rings is 2. The number of urea groups is 1. The summed E-state index contributed by atoms with van der Waals surface area (Å²) in [6.07, 6.45) is 1.33. The monoisotopic (exact) mass is 343 g/mol. The van der Waals surface area contributed by atoms with Gasteiger partial charge in [-0.1, -0.05) is 42.5 Å². The van der Waals surface area contributed by atoms with E-state index in [4.69, 9.17) is 0 Å². The summed E-state index contributed by atoms with van der Waals surface area (Å²) in [6, 6.07) is 15.5. The first-order chi connectivity index (χ1) is 12.2. The molecule has 3 amide bonds. The summed E-state index contributed by atoms with van der Waals surface area (Å²) in [5.41, 5.74) is 1.19. The van der Waals surface area contributed by atoms with Crippen LogP contribution in [0, 0.1) is 5.82 Å². The maximum atomic E-state index is 13.4. The van der Waals surface area contributed by atoms with Gasteiger partial charge in [-0.2, -0.15) is 0 Å². The van der Waals surface area contributed by atoms with Gasteiger partial charge in [0.25, 0.3) is 5.91 Å². The van der Waals surface area contributed by atoms with Crippen LogP contribution in [0.3, 0.4) is 0 Å². The predicted octanol–water partition coefficient (Wildman–Crippen LogP) is 2.49. The molecule has 0 heterocycles. The first-order valence-electron chi connectivity index (χ1n) is 8.25. The zero-order valence-electron chi connectivity index (χ0n) is 13.9. The molecule has 6 heteroatoms. The van der Waals surface area contributed by atoms with Gasteiger partial charge in [-0.3, -0.25) is 4.79 Å². The zero-order valence-corrected chi connectivity index (χ0v) is 13.9. The molecule has 25 heavy (non-hydrogen) atoms. The first-order valence-corrected chi connectivity index (χ1v) is 8.25. The number of carbonyl (C=O) groups is 2. The number of carbonyl (C=O) groups excluding carboxylic acids is 2. The third-order valence-corrected chi connectivity index (χ3v) is 3.59. The number of halogens is 1. The minimum absolute atomic E-state index is 0.0223. The average Bonchev–Trinajstić information content (AvgIpc) is 2.62. The lowest BCUT2D eigenvalue weighted by atomic mass is 10.1. The summed E-state index contributed by atoms with van der Waals surface area (Å²) in [5.74, 6) is -0.999. The molecule has 0 aliphatic heterocycles. The van der Waals surface area contributed by atoms with Gasteiger partial charge in [0.05, 0.1) is 5.56 Å². The molecule has 0 aromatic heterocycles. The number of nitrogens with one attached hydrogen (secondary N) is 3. The Balaban J connectivity index is 1.54. The van der Waals surface area contributed by atoms with E-state index in [9.17, 15) is 14.0 Å². The molecule has 0 bridgehead atoms. The van der Waals surface area contributed by atoms with E-state index in [1.165, 1.54) is 23.8 Å². The number of hydrogen-bond acceptors (Lipinski definition) is 2. The summed E-state index contributed by atoms with van der Waals surface area (Å²) < 4.78 is 13.4. The molecular formula is C19H22FN3O2. The van der Waals surface area contributed by atoms with Crippen molar-refractivity contribution in [2.45, 2.75) is 12.8 Å². The Hall–Kier alpha value is -2.89. The largest absolute Gasteiger partial charge is 0.352 e. The topological polar surface area (TPSA) is 70.2 Å². The lowest BCUT2D eigenvalue weighted by Gasteiger charge is -2.09. The minimum Gasteiger partial charge on any atom is -0.352 e. The van der Waals surface area contributed by atoms with Crippen molar-refractivity contribution in [3.63, 3.8) is 0 Å². The van der Waals surface area contributed by atoms with Crippen LogP contribution in [0.4, 0.5) is 9.18 Å². The number of hydrogen-bond donors (Lipinski definition) is 3. The van der Waals surface area contributed by atoms with Crippen LogP contribution in [-0.2, 0) is 6.42 Å². The van der Waals surface area contributed by atoms with Crippen molar-refractivity contribution in [3.05, 3.63) is 71.5 Å². The van der Waals surface area contributed by atoms with Crippen LogP contribution in [-0.4, -0.2) is 31.6 Å². The maximum Gasteiger partial charge on any atom is 0.314 e. The Kier molecular flexibility index (Phi) is 7.43. The van der Waals surface area contributed by atoms with E-state index in [-0.39, 0.29) is 11.6 Å². The van der Waals surface area contributed by atoms with Crippen LogP contribution in [0.1, 0.15) is 22.3 Å². The minimum atomic E-state index is -0.545. The molecule has 5 nitrogen and oxygen atoms in total. The maximum absolute atomic E-state index is 13.4. The third kappa shape index (κ3) is 6.63. The van der Waals surface area contributed by atoms with Crippen LogP contribution < -0.4 is 16.0 Å². The SMILES string of the molecule is O=C(NCCCNC(=O)c1ccccc1F)NCCc1ccccc1. The molecule has 0 aliphatic carbocycles. The second-order valence-electron chi connectivity index (χ2n) is 5.51. The van der Waals surface area contributed by atoms with E-state index in [1.54, 1.807) is 6.07 Å². The van der Waals surface area contributed by atoms with Gasteiger partial charge in [-0.25, -0.2) is 9.18 Å². The van der Waals surface area contributed by atoms with Crippen LogP contribution in [0.25, 0.3) is 0 Å². The summed E-state index contributed by atoms with van der Waals surface area (Å²) in [6.45, 7) is 1.34. The smallest absolute Gasteiger partial charge is 0.314 e. The molecule has 0 radical (unpaired) electrons. The molecular weight excluding hydrogens is 321 g/mol. The fraction of sp³-hybridized carbons (Fsp3) is 0.263. The van der Waals surface area contributed by atoms with Gasteiger partial charge in [0.1, 0.15) is 5.82 Å². The van der Waals surface area contributed by atoms with Gasteiger partial charge < -0.3 is 16.0 Å². The summed E-state index contributed by atoms with van der Waals surface area (Å²) in [7, 11) is 0. The van der Waals surface area contributed by atoms with Gasteiger partial charge in [-0.15, -0.1) is 0 Å². The second-order valence-corrected chi connectivity index (χ2v) is 5.51. The van der Waals surface area contributed by atoms with Crippen molar-refractivity contribution in [2.75, 3.05) is 19.6 Å². The fourth-order valence-electron chi connectivity index (χ4n) is 2.26. The lowest BCUT2D eigenvalue weighted by molar-refractivity contribution is 0.0949. The molecule has 2 rings (SSSR count). The Labute approximate surface area is 146 Å². The second kappa shape index (κ2) is 10.1. The van der Waals surface area contributed by atoms with E-state index < -0.39 is 11.7 Å². The summed E-state index contributed by atoms with van der Waals surface area (Å²) in [4.78, 5) is 23.4. The third-order valence-electron chi connectivity index (χ3n) is 3.59. The normalized spacial score (nSPS) is 10.1. The average molecular weight is 343 g/mol. The Bertz CT molecular complexity index is 692. The van der Waals surface area contributed by atoms with E-state index in [2.05, 4.69) is 16.0 Å². The van der Waals surface area contributed by atoms with Gasteiger partial charge in [-0.05, 0) is 30.5 Å². The highest BCUT2D eigenvalue weighted by Gasteiger charge is 2.09. The molecule has 0 unspecified atom stereocenters. The molecule has 0 saturated heterocycles. The molecule has 0 fully saturated rings. The summed E-state index contributed by atoms with van der Waals surface area (Å²) >= 11 is 0. The summed E-state index contributed by atoms with van der Waals surface area (Å²) in [5, 5.41) is 8.12. The van der Waals surface area contributed by atoms with Crippen LogP contribution >= 0.6 is 0 Å². The van der Waals surface area contributed by atoms with Crippen molar-refractivity contribution < 1.29 is 14.0 Å². The molecule has 2 aromatic rings. The molecule has 132 valence electrons. The Morgan fingerprint density at radius 3 is 2.20 bits per heavy atom. The van der Waals surface area contributed by atoms with Crippen LogP contribution in [0.5, 0.6) is 0 Å². The van der Waals surface area contributed by atoms with E-state index in [1.807, 2.05) is 30.3 Å². The highest BCUT2D eigenvalue weighted by atomic mass is 19.1. The molecule has 0 aliphatic rings. The fourth-order valence-corrected chi connectivity index (χ4v) is 2.26. The predicted molar refractivity (Wildman–Crippen MR) is 94.9 cm³/mol.